The molecule has 0 aromatic carbocycles. The minimum Gasteiger partial charge on any atom is -0.356 e. The van der Waals surface area contributed by atoms with Gasteiger partial charge in [0.25, 0.3) is 0 Å². The number of hydrogen-bond donors (Lipinski definition) is 0. The highest BCUT2D eigenvalue weighted by Crippen LogP contribution is 2.16. The minimum atomic E-state index is 0.575. The van der Waals surface area contributed by atoms with Gasteiger partial charge in [-0.05, 0) is 19.8 Å². The molecule has 0 aliphatic carbocycles. The molecule has 0 spiro atoms. The van der Waals surface area contributed by atoms with Gasteiger partial charge in [0.2, 0.25) is 0 Å². The predicted octanol–water partition coefficient (Wildman–Crippen LogP) is 3.80. The van der Waals surface area contributed by atoms with Crippen molar-refractivity contribution in [2.24, 2.45) is 0 Å². The zero-order valence-electron chi connectivity index (χ0n) is 11.3. The molecule has 0 saturated heterocycles. The SMILES string of the molecule is CCCCCCCN1C=CN(CCC)C1C. The summed E-state index contributed by atoms with van der Waals surface area (Å²) in [5.74, 6) is 0. The van der Waals surface area contributed by atoms with Crippen LogP contribution < -0.4 is 0 Å². The molecule has 0 amide bonds. The number of unbranched alkanes of at least 4 members (excludes halogenated alkanes) is 4. The second-order valence-electron chi connectivity index (χ2n) is 4.82. The fourth-order valence-electron chi connectivity index (χ4n) is 2.29. The maximum absolute atomic E-state index is 2.47. The first kappa shape index (κ1) is 13.4. The second-order valence-corrected chi connectivity index (χ2v) is 4.82. The van der Waals surface area contributed by atoms with E-state index in [1.165, 1.54) is 51.6 Å². The Bertz CT molecular complexity index is 201. The number of hydrogen-bond acceptors (Lipinski definition) is 2. The van der Waals surface area contributed by atoms with Gasteiger partial charge < -0.3 is 9.80 Å². The Hall–Kier alpha value is -0.660. The Balaban J connectivity index is 2.12. The van der Waals surface area contributed by atoms with E-state index in [1.54, 1.807) is 0 Å². The molecule has 1 aliphatic rings. The lowest BCUT2D eigenvalue weighted by Crippen LogP contribution is -2.36. The highest BCUT2D eigenvalue weighted by molar-refractivity contribution is 4.94. The molecule has 1 rings (SSSR count). The third kappa shape index (κ3) is 4.07. The van der Waals surface area contributed by atoms with Gasteiger partial charge >= 0.3 is 0 Å². The molecule has 1 unspecified atom stereocenters. The van der Waals surface area contributed by atoms with Crippen LogP contribution in [-0.4, -0.2) is 29.1 Å². The van der Waals surface area contributed by atoms with E-state index in [-0.39, 0.29) is 0 Å². The van der Waals surface area contributed by atoms with Crippen LogP contribution in [0.15, 0.2) is 12.4 Å². The average Bonchev–Trinajstić information content (AvgIpc) is 2.62. The first-order valence-electron chi connectivity index (χ1n) is 6.99. The zero-order valence-corrected chi connectivity index (χ0v) is 11.3. The van der Waals surface area contributed by atoms with Crippen molar-refractivity contribution in [3.05, 3.63) is 12.4 Å². The lowest BCUT2D eigenvalue weighted by molar-refractivity contribution is 0.168. The van der Waals surface area contributed by atoms with Crippen molar-refractivity contribution >= 4 is 0 Å². The van der Waals surface area contributed by atoms with Crippen molar-refractivity contribution in [2.75, 3.05) is 13.1 Å². The normalized spacial score (nSPS) is 19.8. The Morgan fingerprint density at radius 2 is 1.44 bits per heavy atom. The third-order valence-electron chi connectivity index (χ3n) is 3.41. The molecule has 0 N–H and O–H groups in total. The van der Waals surface area contributed by atoms with Gasteiger partial charge in [0.05, 0.1) is 6.17 Å². The third-order valence-corrected chi connectivity index (χ3v) is 3.41. The average molecular weight is 224 g/mol. The molecule has 2 heteroatoms. The summed E-state index contributed by atoms with van der Waals surface area (Å²) in [6.07, 6.45) is 13.2. The maximum atomic E-state index is 2.47. The first-order valence-corrected chi connectivity index (χ1v) is 6.99. The molecule has 0 aromatic heterocycles. The van der Waals surface area contributed by atoms with Crippen LogP contribution in [-0.2, 0) is 0 Å². The maximum Gasteiger partial charge on any atom is 0.0977 e. The van der Waals surface area contributed by atoms with Gasteiger partial charge in [-0.15, -0.1) is 0 Å². The van der Waals surface area contributed by atoms with Crippen LogP contribution in [0, 0.1) is 0 Å². The van der Waals surface area contributed by atoms with Crippen LogP contribution in [0.4, 0.5) is 0 Å². The van der Waals surface area contributed by atoms with Crippen LogP contribution >= 0.6 is 0 Å². The highest BCUT2D eigenvalue weighted by Gasteiger charge is 2.19. The smallest absolute Gasteiger partial charge is 0.0977 e. The summed E-state index contributed by atoms with van der Waals surface area (Å²) in [7, 11) is 0. The van der Waals surface area contributed by atoms with Crippen molar-refractivity contribution in [3.63, 3.8) is 0 Å². The van der Waals surface area contributed by atoms with E-state index < -0.39 is 0 Å². The van der Waals surface area contributed by atoms with Crippen molar-refractivity contribution < 1.29 is 0 Å². The number of rotatable bonds is 8. The number of nitrogens with zero attached hydrogens (tertiary/aromatic N) is 2. The Kier molecular flexibility index (Phi) is 6.36. The van der Waals surface area contributed by atoms with E-state index in [0.29, 0.717) is 6.17 Å². The standard InChI is InChI=1S/C14H28N2/c1-4-6-7-8-9-11-16-13-12-15(10-5-2)14(16)3/h12-14H,4-11H2,1-3H3. The summed E-state index contributed by atoms with van der Waals surface area (Å²) in [6, 6.07) is 0. The molecule has 94 valence electrons. The van der Waals surface area contributed by atoms with Crippen LogP contribution in [0.25, 0.3) is 0 Å². The summed E-state index contributed by atoms with van der Waals surface area (Å²) >= 11 is 0. The predicted molar refractivity (Wildman–Crippen MR) is 71.1 cm³/mol. The fraction of sp³-hybridized carbons (Fsp3) is 0.857. The molecular weight excluding hydrogens is 196 g/mol. The fourth-order valence-corrected chi connectivity index (χ4v) is 2.29. The van der Waals surface area contributed by atoms with E-state index >= 15 is 0 Å². The van der Waals surface area contributed by atoms with Gasteiger partial charge in [0.15, 0.2) is 0 Å². The van der Waals surface area contributed by atoms with E-state index in [4.69, 9.17) is 0 Å². The molecule has 1 heterocycles. The van der Waals surface area contributed by atoms with Crippen molar-refractivity contribution in [2.45, 2.75) is 65.5 Å². The van der Waals surface area contributed by atoms with Crippen molar-refractivity contribution in [3.8, 4) is 0 Å². The van der Waals surface area contributed by atoms with E-state index in [1.807, 2.05) is 0 Å². The summed E-state index contributed by atoms with van der Waals surface area (Å²) in [4.78, 5) is 4.91. The molecule has 0 radical (unpaired) electrons. The molecular formula is C14H28N2. The molecule has 1 aliphatic heterocycles. The van der Waals surface area contributed by atoms with E-state index in [2.05, 4.69) is 43.0 Å². The van der Waals surface area contributed by atoms with Gasteiger partial charge in [-0.3, -0.25) is 0 Å². The van der Waals surface area contributed by atoms with Gasteiger partial charge in [-0.1, -0.05) is 39.5 Å². The molecule has 0 aromatic rings. The van der Waals surface area contributed by atoms with Gasteiger partial charge in [-0.25, -0.2) is 0 Å². The quantitative estimate of drug-likeness (QED) is 0.579. The topological polar surface area (TPSA) is 6.48 Å². The van der Waals surface area contributed by atoms with Crippen LogP contribution in [0.2, 0.25) is 0 Å². The molecule has 1 atom stereocenters. The summed E-state index contributed by atoms with van der Waals surface area (Å²) in [5.41, 5.74) is 0. The van der Waals surface area contributed by atoms with Crippen LogP contribution in [0.1, 0.15) is 59.3 Å². The highest BCUT2D eigenvalue weighted by atomic mass is 15.4. The lowest BCUT2D eigenvalue weighted by Gasteiger charge is -2.29. The van der Waals surface area contributed by atoms with Gasteiger partial charge in [0.1, 0.15) is 0 Å². The molecule has 16 heavy (non-hydrogen) atoms. The van der Waals surface area contributed by atoms with Crippen molar-refractivity contribution in [1.82, 2.24) is 9.80 Å². The lowest BCUT2D eigenvalue weighted by atomic mass is 10.1. The first-order chi connectivity index (χ1) is 7.79. The van der Waals surface area contributed by atoms with E-state index in [0.717, 1.165) is 0 Å². The zero-order chi connectivity index (χ0) is 11.8. The Morgan fingerprint density at radius 3 is 2.06 bits per heavy atom. The second kappa shape index (κ2) is 7.59. The summed E-state index contributed by atoms with van der Waals surface area (Å²) in [6.45, 7) is 9.23. The van der Waals surface area contributed by atoms with E-state index in [9.17, 15) is 0 Å². The van der Waals surface area contributed by atoms with Gasteiger partial charge in [0, 0.05) is 25.5 Å². The Morgan fingerprint density at radius 1 is 0.812 bits per heavy atom. The van der Waals surface area contributed by atoms with Crippen LogP contribution in [0.3, 0.4) is 0 Å². The largest absolute Gasteiger partial charge is 0.356 e. The minimum absolute atomic E-state index is 0.575. The van der Waals surface area contributed by atoms with Crippen molar-refractivity contribution in [1.29, 1.82) is 0 Å². The summed E-state index contributed by atoms with van der Waals surface area (Å²) < 4.78 is 0. The molecule has 0 saturated carbocycles. The van der Waals surface area contributed by atoms with Gasteiger partial charge in [-0.2, -0.15) is 0 Å². The molecule has 2 nitrogen and oxygen atoms in total. The monoisotopic (exact) mass is 224 g/mol. The van der Waals surface area contributed by atoms with Crippen LogP contribution in [0.5, 0.6) is 0 Å². The molecule has 0 fully saturated rings. The summed E-state index contributed by atoms with van der Waals surface area (Å²) in [5, 5.41) is 0. The Labute approximate surface area is 101 Å². The molecule has 0 bridgehead atoms.